The number of benzene rings is 2. The van der Waals surface area contributed by atoms with Gasteiger partial charge in [-0.1, -0.05) is 18.2 Å². The van der Waals surface area contributed by atoms with Crippen LogP contribution in [0.4, 0.5) is 4.39 Å². The van der Waals surface area contributed by atoms with Crippen LogP contribution in [0.15, 0.2) is 60.0 Å². The minimum absolute atomic E-state index is 0.0301. The smallest absolute Gasteiger partial charge is 0.270 e. The predicted octanol–water partition coefficient (Wildman–Crippen LogP) is 4.58. The van der Waals surface area contributed by atoms with E-state index < -0.39 is 0 Å². The summed E-state index contributed by atoms with van der Waals surface area (Å²) in [5, 5.41) is 2.02. The van der Waals surface area contributed by atoms with Crippen molar-refractivity contribution in [3.63, 3.8) is 0 Å². The van der Waals surface area contributed by atoms with Gasteiger partial charge in [0.1, 0.15) is 11.5 Å². The molecule has 8 heteroatoms. The van der Waals surface area contributed by atoms with E-state index in [2.05, 4.69) is 11.0 Å². The number of amides is 1. The normalized spacial score (nSPS) is 15.9. The predicted molar refractivity (Wildman–Crippen MR) is 129 cm³/mol. The van der Waals surface area contributed by atoms with Crippen molar-refractivity contribution in [3.8, 4) is 11.5 Å². The number of hydrogen-bond acceptors (Lipinski definition) is 5. The molecule has 2 aromatic carbocycles. The molecule has 4 aromatic rings. The number of piperazine rings is 1. The van der Waals surface area contributed by atoms with Crippen molar-refractivity contribution in [2.24, 2.45) is 0 Å². The van der Waals surface area contributed by atoms with Crippen LogP contribution in [0.25, 0.3) is 10.2 Å². The summed E-state index contributed by atoms with van der Waals surface area (Å²) in [6, 6.07) is 16.6. The third-order valence-corrected chi connectivity index (χ3v) is 7.33. The topological polar surface area (TPSA) is 46.9 Å². The number of carbonyl (C=O) groups is 1. The van der Waals surface area contributed by atoms with Crippen molar-refractivity contribution in [2.75, 3.05) is 33.0 Å². The molecule has 4 heterocycles. The molecule has 1 amide bonds. The molecule has 6 rings (SSSR count). The summed E-state index contributed by atoms with van der Waals surface area (Å²) in [6.45, 7) is 4.49. The van der Waals surface area contributed by atoms with Gasteiger partial charge in [0, 0.05) is 39.3 Å². The zero-order chi connectivity index (χ0) is 23.1. The first-order valence-electron chi connectivity index (χ1n) is 11.4. The summed E-state index contributed by atoms with van der Waals surface area (Å²) in [5.74, 6) is 1.35. The van der Waals surface area contributed by atoms with Crippen molar-refractivity contribution in [1.29, 1.82) is 0 Å². The van der Waals surface area contributed by atoms with Crippen molar-refractivity contribution in [3.05, 3.63) is 82.6 Å². The molecule has 2 aliphatic heterocycles. The van der Waals surface area contributed by atoms with Crippen molar-refractivity contribution in [2.45, 2.75) is 13.1 Å². The number of carbonyl (C=O) groups excluding carboxylic acids is 1. The quantitative estimate of drug-likeness (QED) is 0.422. The van der Waals surface area contributed by atoms with Crippen LogP contribution >= 0.6 is 11.3 Å². The summed E-state index contributed by atoms with van der Waals surface area (Å²) >= 11 is 1.62. The molecule has 0 unspecified atom stereocenters. The van der Waals surface area contributed by atoms with Gasteiger partial charge in [0.2, 0.25) is 6.79 Å². The highest BCUT2D eigenvalue weighted by Crippen LogP contribution is 2.33. The summed E-state index contributed by atoms with van der Waals surface area (Å²) < 4.78 is 27.7. The fourth-order valence-corrected chi connectivity index (χ4v) is 5.53. The Morgan fingerprint density at radius 3 is 2.59 bits per heavy atom. The number of hydrogen-bond donors (Lipinski definition) is 0. The molecule has 1 saturated heterocycles. The number of nitrogens with zero attached hydrogens (tertiary/aromatic N) is 3. The number of thiophene rings is 1. The fourth-order valence-electron chi connectivity index (χ4n) is 4.71. The number of halogens is 1. The molecular weight excluding hydrogens is 453 g/mol. The Balaban J connectivity index is 1.16. The average Bonchev–Trinajstić information content (AvgIpc) is 3.56. The van der Waals surface area contributed by atoms with E-state index in [0.717, 1.165) is 46.9 Å². The SMILES string of the molecule is O=C(c1cc2sccc2n1Cc1cccc(F)c1)N1CCN(Cc2ccc3c(c2)OCO3)CC1. The van der Waals surface area contributed by atoms with Gasteiger partial charge in [-0.15, -0.1) is 11.3 Å². The van der Waals surface area contributed by atoms with Crippen LogP contribution < -0.4 is 9.47 Å². The lowest BCUT2D eigenvalue weighted by atomic mass is 10.1. The van der Waals surface area contributed by atoms with E-state index in [4.69, 9.17) is 9.47 Å². The van der Waals surface area contributed by atoms with E-state index in [1.165, 1.54) is 17.7 Å². The van der Waals surface area contributed by atoms with E-state index in [-0.39, 0.29) is 18.5 Å². The van der Waals surface area contributed by atoms with E-state index in [1.54, 1.807) is 17.4 Å². The third kappa shape index (κ3) is 4.03. The van der Waals surface area contributed by atoms with Gasteiger partial charge in [-0.2, -0.15) is 0 Å². The summed E-state index contributed by atoms with van der Waals surface area (Å²) in [5.41, 5.74) is 3.69. The molecule has 0 aliphatic carbocycles. The van der Waals surface area contributed by atoms with Crippen LogP contribution in [0.2, 0.25) is 0 Å². The highest BCUT2D eigenvalue weighted by Gasteiger charge is 2.26. The summed E-state index contributed by atoms with van der Waals surface area (Å²) in [6.07, 6.45) is 0. The maximum atomic E-state index is 13.8. The number of aromatic nitrogens is 1. The Kier molecular flexibility index (Phi) is 5.47. The summed E-state index contributed by atoms with van der Waals surface area (Å²) in [4.78, 5) is 17.8. The van der Waals surface area contributed by atoms with E-state index in [0.29, 0.717) is 25.3 Å². The lowest BCUT2D eigenvalue weighted by Crippen LogP contribution is -2.48. The number of ether oxygens (including phenoxy) is 2. The second-order valence-electron chi connectivity index (χ2n) is 8.67. The minimum atomic E-state index is -0.266. The Morgan fingerprint density at radius 1 is 0.912 bits per heavy atom. The molecule has 0 spiro atoms. The van der Waals surface area contributed by atoms with Gasteiger partial charge < -0.3 is 18.9 Å². The maximum absolute atomic E-state index is 13.8. The molecule has 1 fully saturated rings. The molecule has 0 N–H and O–H groups in total. The zero-order valence-electron chi connectivity index (χ0n) is 18.6. The van der Waals surface area contributed by atoms with E-state index in [1.807, 2.05) is 45.2 Å². The minimum Gasteiger partial charge on any atom is -0.454 e. The molecule has 0 saturated carbocycles. The van der Waals surface area contributed by atoms with Gasteiger partial charge in [-0.05, 0) is 52.9 Å². The Hall–Kier alpha value is -3.36. The monoisotopic (exact) mass is 477 g/mol. The fraction of sp³-hybridized carbons (Fsp3) is 0.269. The first-order chi connectivity index (χ1) is 16.6. The first-order valence-corrected chi connectivity index (χ1v) is 12.2. The molecule has 174 valence electrons. The van der Waals surface area contributed by atoms with Crippen molar-refractivity contribution >= 4 is 27.5 Å². The van der Waals surface area contributed by atoms with Gasteiger partial charge in [-0.3, -0.25) is 9.69 Å². The molecular formula is C26H24FN3O3S. The van der Waals surface area contributed by atoms with Gasteiger partial charge >= 0.3 is 0 Å². The largest absolute Gasteiger partial charge is 0.454 e. The van der Waals surface area contributed by atoms with Crippen molar-refractivity contribution in [1.82, 2.24) is 14.4 Å². The van der Waals surface area contributed by atoms with Gasteiger partial charge in [0.05, 0.1) is 10.2 Å². The highest BCUT2D eigenvalue weighted by molar-refractivity contribution is 7.17. The number of rotatable bonds is 5. The van der Waals surface area contributed by atoms with Crippen LogP contribution in [0.5, 0.6) is 11.5 Å². The lowest BCUT2D eigenvalue weighted by molar-refractivity contribution is 0.0619. The molecule has 0 bridgehead atoms. The number of fused-ring (bicyclic) bond motifs is 2. The molecule has 2 aliphatic rings. The lowest BCUT2D eigenvalue weighted by Gasteiger charge is -2.35. The van der Waals surface area contributed by atoms with Crippen LogP contribution in [0.1, 0.15) is 21.6 Å². The first kappa shape index (κ1) is 21.2. The molecule has 34 heavy (non-hydrogen) atoms. The Morgan fingerprint density at radius 2 is 1.74 bits per heavy atom. The van der Waals surface area contributed by atoms with Crippen molar-refractivity contribution < 1.29 is 18.7 Å². The Labute approximate surface area is 200 Å². The van der Waals surface area contributed by atoms with E-state index in [9.17, 15) is 9.18 Å². The van der Waals surface area contributed by atoms with Gasteiger partial charge in [0.15, 0.2) is 11.5 Å². The highest BCUT2D eigenvalue weighted by atomic mass is 32.1. The maximum Gasteiger partial charge on any atom is 0.270 e. The average molecular weight is 478 g/mol. The van der Waals surface area contributed by atoms with Crippen LogP contribution in [0, 0.1) is 5.82 Å². The van der Waals surface area contributed by atoms with Crippen LogP contribution in [0.3, 0.4) is 0 Å². The Bertz CT molecular complexity index is 1360. The van der Waals surface area contributed by atoms with Gasteiger partial charge in [0.25, 0.3) is 5.91 Å². The van der Waals surface area contributed by atoms with Gasteiger partial charge in [-0.25, -0.2) is 4.39 Å². The molecule has 0 atom stereocenters. The third-order valence-electron chi connectivity index (χ3n) is 6.47. The van der Waals surface area contributed by atoms with Crippen LogP contribution in [-0.4, -0.2) is 53.2 Å². The standard InChI is InChI=1S/C26H24FN3O3S/c27-20-3-1-2-18(12-20)16-30-21-6-11-34-25(21)14-22(30)26(31)29-9-7-28(8-10-29)15-19-4-5-23-24(13-19)33-17-32-23/h1-6,11-14H,7-10,15-17H2. The van der Waals surface area contributed by atoms with Crippen LogP contribution in [-0.2, 0) is 13.1 Å². The van der Waals surface area contributed by atoms with E-state index >= 15 is 0 Å². The molecule has 6 nitrogen and oxygen atoms in total. The second kappa shape index (κ2) is 8.77. The summed E-state index contributed by atoms with van der Waals surface area (Å²) in [7, 11) is 0. The molecule has 0 radical (unpaired) electrons. The molecule has 2 aromatic heterocycles. The zero-order valence-corrected chi connectivity index (χ0v) is 19.4. The second-order valence-corrected chi connectivity index (χ2v) is 9.62.